The van der Waals surface area contributed by atoms with Crippen LogP contribution < -0.4 is 4.90 Å². The lowest BCUT2D eigenvalue weighted by atomic mass is 9.83. The van der Waals surface area contributed by atoms with Gasteiger partial charge in [-0.3, -0.25) is 0 Å². The summed E-state index contributed by atoms with van der Waals surface area (Å²) in [5.74, 6) is 0.724. The third-order valence-electron chi connectivity index (χ3n) is 5.77. The molecule has 0 bridgehead atoms. The van der Waals surface area contributed by atoms with Gasteiger partial charge >= 0.3 is 0 Å². The molecule has 0 amide bonds. The van der Waals surface area contributed by atoms with E-state index in [1.165, 1.54) is 41.1 Å². The molecule has 8 heteroatoms. The zero-order valence-electron chi connectivity index (χ0n) is 21.9. The summed E-state index contributed by atoms with van der Waals surface area (Å²) in [6, 6.07) is 18.4. The molecule has 0 N–H and O–H groups in total. The predicted octanol–water partition coefficient (Wildman–Crippen LogP) is 10.3. The Bertz CT molecular complexity index is 1290. The molecule has 1 unspecified atom stereocenters. The molecule has 0 saturated carbocycles. The van der Waals surface area contributed by atoms with E-state index < -0.39 is 0 Å². The van der Waals surface area contributed by atoms with Gasteiger partial charge in [0.05, 0.1) is 16.1 Å². The number of nitrogens with zero attached hydrogens (tertiary/aromatic N) is 6. The Morgan fingerprint density at radius 2 is 1.50 bits per heavy atom. The summed E-state index contributed by atoms with van der Waals surface area (Å²) < 4.78 is 1.05. The van der Waals surface area contributed by atoms with Crippen LogP contribution >= 0.6 is 22.7 Å². The summed E-state index contributed by atoms with van der Waals surface area (Å²) in [6.07, 6.45) is 3.56. The van der Waals surface area contributed by atoms with E-state index in [4.69, 9.17) is 0 Å². The van der Waals surface area contributed by atoms with Crippen molar-refractivity contribution in [2.24, 2.45) is 31.8 Å². The zero-order chi connectivity index (χ0) is 25.7. The van der Waals surface area contributed by atoms with E-state index in [1.54, 1.807) is 0 Å². The van der Waals surface area contributed by atoms with Gasteiger partial charge in [0.1, 0.15) is 9.83 Å². The lowest BCUT2D eigenvalue weighted by Gasteiger charge is -2.23. The molecule has 0 aliphatic heterocycles. The van der Waals surface area contributed by atoms with E-state index in [2.05, 4.69) is 70.2 Å². The number of azo groups is 2. The van der Waals surface area contributed by atoms with Gasteiger partial charge in [0.25, 0.3) is 0 Å². The lowest BCUT2D eigenvalue weighted by Crippen LogP contribution is -2.11. The number of benzene rings is 2. The van der Waals surface area contributed by atoms with E-state index >= 15 is 0 Å². The number of hydrogen-bond donors (Lipinski definition) is 0. The highest BCUT2D eigenvalue weighted by Gasteiger charge is 2.15. The molecule has 36 heavy (non-hydrogen) atoms. The van der Waals surface area contributed by atoms with E-state index in [0.717, 1.165) is 43.9 Å². The van der Waals surface area contributed by atoms with E-state index in [-0.39, 0.29) is 0 Å². The number of thiophene rings is 1. The molecule has 2 aromatic carbocycles. The Hall–Kier alpha value is -2.97. The summed E-state index contributed by atoms with van der Waals surface area (Å²) in [7, 11) is 4.03. The van der Waals surface area contributed by atoms with Crippen molar-refractivity contribution in [2.45, 2.75) is 47.0 Å². The zero-order valence-corrected chi connectivity index (χ0v) is 23.5. The van der Waals surface area contributed by atoms with Crippen LogP contribution in [0.5, 0.6) is 0 Å². The monoisotopic (exact) mass is 518 g/mol. The lowest BCUT2D eigenvalue weighted by molar-refractivity contribution is 0.297. The van der Waals surface area contributed by atoms with Crippen LogP contribution in [0.3, 0.4) is 0 Å². The van der Waals surface area contributed by atoms with Crippen LogP contribution in [0.4, 0.5) is 27.2 Å². The van der Waals surface area contributed by atoms with Crippen molar-refractivity contribution in [3.8, 4) is 0 Å². The first-order chi connectivity index (χ1) is 17.1. The minimum Gasteiger partial charge on any atom is -0.378 e. The molecule has 0 aliphatic rings. The number of thiazole rings is 1. The maximum Gasteiger partial charge on any atom is 0.231 e. The highest BCUT2D eigenvalue weighted by molar-refractivity contribution is 7.30. The Kier molecular flexibility index (Phi) is 8.26. The number of anilines is 1. The van der Waals surface area contributed by atoms with Crippen molar-refractivity contribution in [1.29, 1.82) is 0 Å². The number of fused-ring (bicyclic) bond motifs is 1. The average molecular weight is 519 g/mol. The molecule has 0 spiro atoms. The first-order valence-corrected chi connectivity index (χ1v) is 13.9. The minimum absolute atomic E-state index is 0.389. The summed E-state index contributed by atoms with van der Waals surface area (Å²) in [5, 5.41) is 18.9. The molecule has 2 heterocycles. The van der Waals surface area contributed by atoms with Crippen LogP contribution in [0.15, 0.2) is 75.1 Å². The fraction of sp³-hybridized carbons (Fsp3) is 0.393. The van der Waals surface area contributed by atoms with Gasteiger partial charge in [-0.25, -0.2) is 4.98 Å². The molecule has 4 rings (SSSR count). The van der Waals surface area contributed by atoms with Gasteiger partial charge in [-0.15, -0.1) is 20.5 Å². The second kappa shape index (κ2) is 11.4. The van der Waals surface area contributed by atoms with Gasteiger partial charge in [0, 0.05) is 19.8 Å². The van der Waals surface area contributed by atoms with Crippen molar-refractivity contribution in [1.82, 2.24) is 4.98 Å². The molecule has 0 saturated heterocycles. The maximum absolute atomic E-state index is 4.58. The molecule has 4 aromatic rings. The van der Waals surface area contributed by atoms with Gasteiger partial charge in [0.15, 0.2) is 0 Å². The standard InChI is InChI=1S/C28H34N6S2/c1-19(18-28(2,3)4)7-8-20-9-11-21(12-10-20)30-32-25-17-24-26(36-25)29-27(35-24)33-31-22-13-15-23(16-14-22)34(5)6/h9-17,19H,7-8,18H2,1-6H3. The molecule has 2 aromatic heterocycles. The van der Waals surface area contributed by atoms with Crippen LogP contribution in [0.1, 0.15) is 46.1 Å². The quantitative estimate of drug-likeness (QED) is 0.207. The molecular weight excluding hydrogens is 484 g/mol. The molecule has 188 valence electrons. The second-order valence-corrected chi connectivity index (χ2v) is 12.7. The van der Waals surface area contributed by atoms with Gasteiger partial charge in [-0.1, -0.05) is 62.5 Å². The Morgan fingerprint density at radius 3 is 2.11 bits per heavy atom. The number of aromatic nitrogens is 1. The smallest absolute Gasteiger partial charge is 0.231 e. The maximum atomic E-state index is 4.58. The van der Waals surface area contributed by atoms with Crippen LogP contribution in [0.25, 0.3) is 9.53 Å². The van der Waals surface area contributed by atoms with Crippen molar-refractivity contribution in [3.63, 3.8) is 0 Å². The SMILES string of the molecule is CC(CCc1ccc(N=Nc2cc3sc(N=Nc4ccc(N(C)C)cc4)nc3s2)cc1)CC(C)(C)C. The number of hydrogen-bond acceptors (Lipinski definition) is 8. The van der Waals surface area contributed by atoms with Crippen LogP contribution in [0.2, 0.25) is 0 Å². The van der Waals surface area contributed by atoms with Crippen LogP contribution in [0, 0.1) is 11.3 Å². The molecule has 1 atom stereocenters. The molecule has 0 radical (unpaired) electrons. The number of rotatable bonds is 9. The van der Waals surface area contributed by atoms with Crippen molar-refractivity contribution in [3.05, 3.63) is 60.2 Å². The number of aryl methyl sites for hydroxylation is 1. The van der Waals surface area contributed by atoms with E-state index in [0.29, 0.717) is 10.5 Å². The van der Waals surface area contributed by atoms with Gasteiger partial charge in [-0.05, 0) is 78.6 Å². The molecule has 6 nitrogen and oxygen atoms in total. The molecule has 0 aliphatic carbocycles. The third kappa shape index (κ3) is 7.51. The predicted molar refractivity (Wildman–Crippen MR) is 155 cm³/mol. The normalized spacial score (nSPS) is 13.3. The fourth-order valence-electron chi connectivity index (χ4n) is 4.12. The van der Waals surface area contributed by atoms with Crippen LogP contribution in [-0.4, -0.2) is 19.1 Å². The Balaban J connectivity index is 1.33. The summed E-state index contributed by atoms with van der Waals surface area (Å²) in [5.41, 5.74) is 4.54. The summed E-state index contributed by atoms with van der Waals surface area (Å²) >= 11 is 3.02. The highest BCUT2D eigenvalue weighted by Crippen LogP contribution is 2.39. The fourth-order valence-corrected chi connectivity index (χ4v) is 5.97. The van der Waals surface area contributed by atoms with E-state index in [9.17, 15) is 0 Å². The third-order valence-corrected chi connectivity index (χ3v) is 7.70. The molecular formula is C28H34N6S2. The van der Waals surface area contributed by atoms with Gasteiger partial charge in [-0.2, -0.15) is 0 Å². The Morgan fingerprint density at radius 1 is 0.861 bits per heavy atom. The minimum atomic E-state index is 0.389. The van der Waals surface area contributed by atoms with Crippen LogP contribution in [-0.2, 0) is 6.42 Å². The largest absolute Gasteiger partial charge is 0.378 e. The summed E-state index contributed by atoms with van der Waals surface area (Å²) in [4.78, 5) is 7.54. The first kappa shape index (κ1) is 26.1. The summed E-state index contributed by atoms with van der Waals surface area (Å²) in [6.45, 7) is 9.29. The average Bonchev–Trinajstić information content (AvgIpc) is 3.38. The van der Waals surface area contributed by atoms with E-state index in [1.807, 2.05) is 56.6 Å². The topological polar surface area (TPSA) is 65.6 Å². The first-order valence-electron chi connectivity index (χ1n) is 12.2. The molecule has 0 fully saturated rings. The van der Waals surface area contributed by atoms with Gasteiger partial charge in [0.2, 0.25) is 5.13 Å². The van der Waals surface area contributed by atoms with Gasteiger partial charge < -0.3 is 4.90 Å². The van der Waals surface area contributed by atoms with Crippen molar-refractivity contribution >= 4 is 59.4 Å². The second-order valence-electron chi connectivity index (χ2n) is 10.6. The highest BCUT2D eigenvalue weighted by atomic mass is 32.1. The van der Waals surface area contributed by atoms with Crippen molar-refractivity contribution in [2.75, 3.05) is 19.0 Å². The van der Waals surface area contributed by atoms with Crippen molar-refractivity contribution < 1.29 is 0 Å². The Labute approximate surface area is 221 Å².